The van der Waals surface area contributed by atoms with E-state index < -0.39 is 5.60 Å². The van der Waals surface area contributed by atoms with E-state index in [2.05, 4.69) is 21.4 Å². The third kappa shape index (κ3) is 3.39. The van der Waals surface area contributed by atoms with Gasteiger partial charge in [0.2, 0.25) is 0 Å². The van der Waals surface area contributed by atoms with Crippen molar-refractivity contribution in [2.75, 3.05) is 11.9 Å². The first-order valence-corrected chi connectivity index (χ1v) is 9.04. The van der Waals surface area contributed by atoms with Gasteiger partial charge in [0.25, 0.3) is 0 Å². The predicted molar refractivity (Wildman–Crippen MR) is 103 cm³/mol. The van der Waals surface area contributed by atoms with E-state index in [9.17, 15) is 5.11 Å². The van der Waals surface area contributed by atoms with Crippen molar-refractivity contribution in [1.82, 2.24) is 9.97 Å². The normalized spacial score (nSPS) is 21.4. The lowest BCUT2D eigenvalue weighted by atomic mass is 9.76. The first-order chi connectivity index (χ1) is 11.7. The van der Waals surface area contributed by atoms with Crippen molar-refractivity contribution in [2.24, 2.45) is 5.92 Å². The van der Waals surface area contributed by atoms with Crippen molar-refractivity contribution in [3.63, 3.8) is 0 Å². The van der Waals surface area contributed by atoms with Crippen LogP contribution in [0.5, 0.6) is 0 Å². The van der Waals surface area contributed by atoms with E-state index >= 15 is 0 Å². The van der Waals surface area contributed by atoms with Crippen molar-refractivity contribution in [3.05, 3.63) is 29.2 Å². The van der Waals surface area contributed by atoms with E-state index in [-0.39, 0.29) is 5.92 Å². The summed E-state index contributed by atoms with van der Waals surface area (Å²) in [6.45, 7) is 7.91. The Balaban J connectivity index is 1.80. The highest BCUT2D eigenvalue weighted by Crippen LogP contribution is 2.44. The largest absolute Gasteiger partial charge is 0.390 e. The number of nitrogens with zero attached hydrogens (tertiary/aromatic N) is 2. The molecule has 3 rings (SSSR count). The number of hydrogen-bond acceptors (Lipinski definition) is 7. The molecule has 1 aliphatic carbocycles. The zero-order valence-electron chi connectivity index (χ0n) is 14.9. The van der Waals surface area contributed by atoms with Crippen LogP contribution in [0.4, 0.5) is 5.82 Å². The van der Waals surface area contributed by atoms with Crippen LogP contribution in [0.15, 0.2) is 28.4 Å². The summed E-state index contributed by atoms with van der Waals surface area (Å²) in [6.07, 6.45) is 4.49. The molecule has 0 spiro atoms. The third-order valence-electron chi connectivity index (χ3n) is 4.72. The van der Waals surface area contributed by atoms with Crippen LogP contribution in [-0.2, 0) is 0 Å². The van der Waals surface area contributed by atoms with Crippen LogP contribution in [0.2, 0.25) is 0 Å². The fourth-order valence-corrected chi connectivity index (χ4v) is 3.91. The van der Waals surface area contributed by atoms with Gasteiger partial charge in [-0.1, -0.05) is 23.4 Å². The summed E-state index contributed by atoms with van der Waals surface area (Å²) in [5.74, 6) is 0.925. The Bertz CT molecular complexity index is 819. The molecule has 7 heteroatoms. The van der Waals surface area contributed by atoms with Gasteiger partial charge in [0.15, 0.2) is 0 Å². The lowest BCUT2D eigenvalue weighted by molar-refractivity contribution is 0.0294. The van der Waals surface area contributed by atoms with Crippen LogP contribution in [0.3, 0.4) is 0 Å². The fraction of sp³-hybridized carbons (Fsp3) is 0.444. The molecule has 4 N–H and O–H groups in total. The summed E-state index contributed by atoms with van der Waals surface area (Å²) in [5.41, 5.74) is 3.25. The molecule has 1 aliphatic heterocycles. The molecule has 1 aromatic rings. The lowest BCUT2D eigenvalue weighted by Gasteiger charge is -2.35. The van der Waals surface area contributed by atoms with E-state index in [0.29, 0.717) is 17.3 Å². The molecule has 0 amide bonds. The van der Waals surface area contributed by atoms with Gasteiger partial charge in [-0.3, -0.25) is 5.41 Å². The Labute approximate surface area is 151 Å². The van der Waals surface area contributed by atoms with Crippen LogP contribution >= 0.6 is 11.8 Å². The molecule has 0 unspecified atom stereocenters. The average Bonchev–Trinajstić information content (AvgIpc) is 2.80. The predicted octanol–water partition coefficient (Wildman–Crippen LogP) is 3.50. The number of rotatable bonds is 5. The summed E-state index contributed by atoms with van der Waals surface area (Å²) in [4.78, 5) is 9.52. The number of fused-ring (bicyclic) bond motifs is 1. The number of allylic oxidation sites excluding steroid dienone is 1. The molecular formula is C18H23N5OS. The van der Waals surface area contributed by atoms with Crippen LogP contribution in [-0.4, -0.2) is 38.0 Å². The maximum atomic E-state index is 9.99. The van der Waals surface area contributed by atoms with Gasteiger partial charge in [-0.15, -0.1) is 0 Å². The minimum Gasteiger partial charge on any atom is -0.390 e. The molecule has 132 valence electrons. The van der Waals surface area contributed by atoms with E-state index in [0.717, 1.165) is 34.0 Å². The smallest absolute Gasteiger partial charge is 0.144 e. The first kappa shape index (κ1) is 17.8. The fourth-order valence-electron chi connectivity index (χ4n) is 2.89. The van der Waals surface area contributed by atoms with Gasteiger partial charge >= 0.3 is 0 Å². The van der Waals surface area contributed by atoms with Crippen molar-refractivity contribution in [1.29, 1.82) is 10.8 Å². The Kier molecular flexibility index (Phi) is 4.55. The summed E-state index contributed by atoms with van der Waals surface area (Å²) in [6, 6.07) is 0. The van der Waals surface area contributed by atoms with Gasteiger partial charge < -0.3 is 15.8 Å². The minimum absolute atomic E-state index is 0.204. The number of hydrogen-bond donors (Lipinski definition) is 4. The Morgan fingerprint density at radius 2 is 2.08 bits per heavy atom. The van der Waals surface area contributed by atoms with Crippen molar-refractivity contribution in [3.8, 4) is 0 Å². The van der Waals surface area contributed by atoms with Gasteiger partial charge in [0, 0.05) is 23.7 Å². The summed E-state index contributed by atoms with van der Waals surface area (Å²) in [7, 11) is 0. The molecule has 0 fully saturated rings. The minimum atomic E-state index is -0.674. The molecule has 2 heterocycles. The quantitative estimate of drug-likeness (QED) is 0.477. The number of aromatic nitrogens is 2. The highest BCUT2D eigenvalue weighted by molar-refractivity contribution is 8.15. The molecule has 0 bridgehead atoms. The lowest BCUT2D eigenvalue weighted by Crippen LogP contribution is -2.35. The topological polar surface area (TPSA) is 106 Å². The molecule has 1 aromatic heterocycles. The van der Waals surface area contributed by atoms with Gasteiger partial charge in [0.05, 0.1) is 16.2 Å². The highest BCUT2D eigenvalue weighted by Gasteiger charge is 2.33. The number of anilines is 1. The molecule has 0 radical (unpaired) electrons. The van der Waals surface area contributed by atoms with Crippen molar-refractivity contribution in [2.45, 2.75) is 44.6 Å². The molecular weight excluding hydrogens is 334 g/mol. The number of aliphatic hydroxyl groups is 1. The van der Waals surface area contributed by atoms with Crippen LogP contribution in [0.25, 0.3) is 5.57 Å². The maximum Gasteiger partial charge on any atom is 0.144 e. The van der Waals surface area contributed by atoms with Crippen LogP contribution in [0.1, 0.15) is 39.8 Å². The van der Waals surface area contributed by atoms with E-state index in [1.54, 1.807) is 6.92 Å². The average molecular weight is 357 g/mol. The highest BCUT2D eigenvalue weighted by atomic mass is 32.2. The van der Waals surface area contributed by atoms with Gasteiger partial charge in [0.1, 0.15) is 17.2 Å². The molecule has 1 atom stereocenters. The van der Waals surface area contributed by atoms with E-state index in [1.165, 1.54) is 23.7 Å². The summed E-state index contributed by atoms with van der Waals surface area (Å²) in [5, 5.41) is 29.8. The van der Waals surface area contributed by atoms with Crippen LogP contribution < -0.4 is 5.32 Å². The first-order valence-electron chi connectivity index (χ1n) is 8.23. The standard InChI is InChI=1S/C18H23N5OS/c1-9(10(2)19)13-14-15(25-16(13)20)17(23-8-22-14)21-7-11-5-12(6-11)18(3,4)24/h5,8,12,19-20,24H,6-7H2,1-4H3,(H,21,22,23)/b13-9-,19-10?,20-16?/t12-/m1/s1. The van der Waals surface area contributed by atoms with E-state index in [4.69, 9.17) is 10.8 Å². The Morgan fingerprint density at radius 1 is 1.40 bits per heavy atom. The second kappa shape index (κ2) is 6.38. The zero-order valence-corrected chi connectivity index (χ0v) is 15.7. The molecule has 0 aromatic carbocycles. The second-order valence-corrected chi connectivity index (χ2v) is 8.12. The summed E-state index contributed by atoms with van der Waals surface area (Å²) >= 11 is 1.34. The number of nitrogens with one attached hydrogen (secondary N) is 3. The zero-order chi connectivity index (χ0) is 18.4. The number of thioether (sulfide) groups is 1. The molecule has 0 saturated heterocycles. The Hall–Kier alpha value is -1.99. The van der Waals surface area contributed by atoms with Gasteiger partial charge in [-0.05, 0) is 39.7 Å². The van der Waals surface area contributed by atoms with Crippen molar-refractivity contribution >= 4 is 33.9 Å². The summed E-state index contributed by atoms with van der Waals surface area (Å²) < 4.78 is 0. The molecule has 6 nitrogen and oxygen atoms in total. The van der Waals surface area contributed by atoms with Crippen LogP contribution in [0, 0.1) is 16.7 Å². The monoisotopic (exact) mass is 357 g/mol. The van der Waals surface area contributed by atoms with Crippen molar-refractivity contribution < 1.29 is 5.11 Å². The molecule has 0 saturated carbocycles. The SMILES string of the molecule is CC(=N)/C(C)=C1\C(=N)Sc2c(NCC3=C[C@@H](C(C)(C)O)C3)ncnc21. The maximum absolute atomic E-state index is 9.99. The molecule has 25 heavy (non-hydrogen) atoms. The van der Waals surface area contributed by atoms with E-state index in [1.807, 2.05) is 20.8 Å². The van der Waals surface area contributed by atoms with Gasteiger partial charge in [-0.25, -0.2) is 9.97 Å². The molecule has 2 aliphatic rings. The second-order valence-electron chi connectivity index (χ2n) is 7.10. The third-order valence-corrected chi connectivity index (χ3v) is 5.72. The Morgan fingerprint density at radius 3 is 2.68 bits per heavy atom. The van der Waals surface area contributed by atoms with Gasteiger partial charge in [-0.2, -0.15) is 0 Å².